The van der Waals surface area contributed by atoms with Crippen molar-refractivity contribution in [3.05, 3.63) is 0 Å². The second-order valence-corrected chi connectivity index (χ2v) is 4.05. The Balaban J connectivity index is 2.36. The Morgan fingerprint density at radius 3 is 2.79 bits per heavy atom. The number of nitrogens with two attached hydrogens (primary N) is 1. The Morgan fingerprint density at radius 2 is 2.36 bits per heavy atom. The van der Waals surface area contributed by atoms with Gasteiger partial charge >= 0.3 is 0 Å². The highest BCUT2D eigenvalue weighted by atomic mass is 16.2. The molecule has 1 atom stereocenters. The quantitative estimate of drug-likeness (QED) is 0.679. The molecule has 0 aromatic heterocycles. The van der Waals surface area contributed by atoms with Crippen molar-refractivity contribution >= 4 is 5.91 Å². The van der Waals surface area contributed by atoms with Crippen molar-refractivity contribution in [2.75, 3.05) is 39.8 Å². The van der Waals surface area contributed by atoms with Gasteiger partial charge in [-0.2, -0.15) is 0 Å². The predicted octanol–water partition coefficient (Wildman–Crippen LogP) is -0.255. The first kappa shape index (κ1) is 11.5. The summed E-state index contributed by atoms with van der Waals surface area (Å²) in [5.74, 6) is 0.706. The van der Waals surface area contributed by atoms with Crippen LogP contribution < -0.4 is 5.73 Å². The third-order valence-corrected chi connectivity index (χ3v) is 2.88. The van der Waals surface area contributed by atoms with Gasteiger partial charge in [0, 0.05) is 19.6 Å². The van der Waals surface area contributed by atoms with Gasteiger partial charge in [-0.05, 0) is 32.9 Å². The minimum atomic E-state index is 0.0713. The molecule has 0 radical (unpaired) electrons. The van der Waals surface area contributed by atoms with Gasteiger partial charge in [0.05, 0.1) is 6.54 Å². The maximum atomic E-state index is 11.4. The van der Waals surface area contributed by atoms with Crippen molar-refractivity contribution in [2.24, 2.45) is 11.7 Å². The van der Waals surface area contributed by atoms with Crippen molar-refractivity contribution in [2.45, 2.75) is 13.3 Å². The van der Waals surface area contributed by atoms with Gasteiger partial charge < -0.3 is 15.5 Å². The molecule has 4 nitrogen and oxygen atoms in total. The SMILES string of the molecule is CCN(CC1CCN(C)C1)C(=O)CN. The van der Waals surface area contributed by atoms with Crippen LogP contribution in [0.3, 0.4) is 0 Å². The Kier molecular flexibility index (Phi) is 4.35. The van der Waals surface area contributed by atoms with E-state index in [2.05, 4.69) is 11.9 Å². The van der Waals surface area contributed by atoms with Gasteiger partial charge in [0.2, 0.25) is 5.91 Å². The molecule has 1 fully saturated rings. The number of rotatable bonds is 4. The van der Waals surface area contributed by atoms with Gasteiger partial charge in [0.1, 0.15) is 0 Å². The van der Waals surface area contributed by atoms with Crippen LogP contribution in [0.2, 0.25) is 0 Å². The van der Waals surface area contributed by atoms with Crippen molar-refractivity contribution in [1.29, 1.82) is 0 Å². The molecule has 0 bridgehead atoms. The van der Waals surface area contributed by atoms with E-state index in [1.54, 1.807) is 0 Å². The summed E-state index contributed by atoms with van der Waals surface area (Å²) in [6.45, 7) is 6.04. The van der Waals surface area contributed by atoms with Crippen LogP contribution in [0.5, 0.6) is 0 Å². The molecule has 82 valence electrons. The highest BCUT2D eigenvalue weighted by Gasteiger charge is 2.22. The largest absolute Gasteiger partial charge is 0.342 e. The molecule has 1 heterocycles. The number of likely N-dealkylation sites (tertiary alicyclic amines) is 1. The average molecular weight is 199 g/mol. The second kappa shape index (κ2) is 5.32. The number of hydrogen-bond acceptors (Lipinski definition) is 3. The molecule has 1 aliphatic rings. The van der Waals surface area contributed by atoms with Gasteiger partial charge in [0.25, 0.3) is 0 Å². The van der Waals surface area contributed by atoms with Crippen LogP contribution in [0.25, 0.3) is 0 Å². The van der Waals surface area contributed by atoms with Crippen LogP contribution in [-0.4, -0.2) is 55.5 Å². The molecule has 1 rings (SSSR count). The van der Waals surface area contributed by atoms with E-state index in [-0.39, 0.29) is 12.5 Å². The molecule has 0 saturated carbocycles. The van der Waals surface area contributed by atoms with E-state index >= 15 is 0 Å². The van der Waals surface area contributed by atoms with Crippen LogP contribution in [0, 0.1) is 5.92 Å². The average Bonchev–Trinajstić information content (AvgIpc) is 2.59. The fourth-order valence-corrected chi connectivity index (χ4v) is 2.02. The Hall–Kier alpha value is -0.610. The van der Waals surface area contributed by atoms with Gasteiger partial charge in [-0.1, -0.05) is 0 Å². The van der Waals surface area contributed by atoms with E-state index in [1.165, 1.54) is 6.42 Å². The lowest BCUT2D eigenvalue weighted by atomic mass is 10.1. The summed E-state index contributed by atoms with van der Waals surface area (Å²) < 4.78 is 0. The number of amides is 1. The van der Waals surface area contributed by atoms with Crippen LogP contribution in [0.15, 0.2) is 0 Å². The van der Waals surface area contributed by atoms with Crippen molar-refractivity contribution in [1.82, 2.24) is 9.80 Å². The van der Waals surface area contributed by atoms with Crippen LogP contribution in [0.4, 0.5) is 0 Å². The Labute approximate surface area is 86.0 Å². The lowest BCUT2D eigenvalue weighted by Crippen LogP contribution is -2.39. The predicted molar refractivity (Wildman–Crippen MR) is 56.9 cm³/mol. The van der Waals surface area contributed by atoms with Crippen molar-refractivity contribution < 1.29 is 4.79 Å². The summed E-state index contributed by atoms with van der Waals surface area (Å²) in [6.07, 6.45) is 1.20. The summed E-state index contributed by atoms with van der Waals surface area (Å²) in [4.78, 5) is 15.6. The molecule has 2 N–H and O–H groups in total. The zero-order valence-corrected chi connectivity index (χ0v) is 9.20. The third kappa shape index (κ3) is 2.96. The molecule has 1 unspecified atom stereocenters. The number of hydrogen-bond donors (Lipinski definition) is 1. The third-order valence-electron chi connectivity index (χ3n) is 2.88. The lowest BCUT2D eigenvalue weighted by Gasteiger charge is -2.23. The summed E-state index contributed by atoms with van der Waals surface area (Å²) in [5, 5.41) is 0. The lowest BCUT2D eigenvalue weighted by molar-refractivity contribution is -0.130. The standard InChI is InChI=1S/C10H21N3O/c1-3-13(10(14)6-11)8-9-4-5-12(2)7-9/h9H,3-8,11H2,1-2H3. The molecular weight excluding hydrogens is 178 g/mol. The fraction of sp³-hybridized carbons (Fsp3) is 0.900. The van der Waals surface area contributed by atoms with Gasteiger partial charge in [-0.25, -0.2) is 0 Å². The van der Waals surface area contributed by atoms with Crippen LogP contribution >= 0.6 is 0 Å². The van der Waals surface area contributed by atoms with E-state index in [0.29, 0.717) is 5.92 Å². The van der Waals surface area contributed by atoms with Crippen molar-refractivity contribution in [3.63, 3.8) is 0 Å². The molecular formula is C10H21N3O. The zero-order valence-electron chi connectivity index (χ0n) is 9.20. The monoisotopic (exact) mass is 199 g/mol. The van der Waals surface area contributed by atoms with Gasteiger partial charge in [-0.3, -0.25) is 4.79 Å². The zero-order chi connectivity index (χ0) is 10.6. The summed E-state index contributed by atoms with van der Waals surface area (Å²) in [5.41, 5.74) is 5.35. The molecule has 1 amide bonds. The topological polar surface area (TPSA) is 49.6 Å². The second-order valence-electron chi connectivity index (χ2n) is 4.05. The Bertz CT molecular complexity index is 196. The van der Waals surface area contributed by atoms with Crippen molar-refractivity contribution in [3.8, 4) is 0 Å². The highest BCUT2D eigenvalue weighted by Crippen LogP contribution is 2.15. The molecule has 0 aromatic carbocycles. The molecule has 0 aliphatic carbocycles. The van der Waals surface area contributed by atoms with E-state index in [9.17, 15) is 4.79 Å². The number of carbonyl (C=O) groups excluding carboxylic acids is 1. The summed E-state index contributed by atoms with van der Waals surface area (Å²) >= 11 is 0. The molecule has 4 heteroatoms. The highest BCUT2D eigenvalue weighted by molar-refractivity contribution is 5.77. The first-order chi connectivity index (χ1) is 6.67. The number of nitrogens with zero attached hydrogens (tertiary/aromatic N) is 2. The maximum absolute atomic E-state index is 11.4. The first-order valence-corrected chi connectivity index (χ1v) is 5.33. The van der Waals surface area contributed by atoms with Gasteiger partial charge in [0.15, 0.2) is 0 Å². The number of likely N-dealkylation sites (N-methyl/N-ethyl adjacent to an activating group) is 1. The minimum absolute atomic E-state index is 0.0713. The number of carbonyl (C=O) groups is 1. The van der Waals surface area contributed by atoms with Crippen LogP contribution in [-0.2, 0) is 4.79 Å². The van der Waals surface area contributed by atoms with E-state index in [0.717, 1.165) is 26.2 Å². The Morgan fingerprint density at radius 1 is 1.64 bits per heavy atom. The first-order valence-electron chi connectivity index (χ1n) is 5.33. The molecule has 1 aliphatic heterocycles. The van der Waals surface area contributed by atoms with E-state index in [4.69, 9.17) is 5.73 Å². The normalized spacial score (nSPS) is 22.6. The minimum Gasteiger partial charge on any atom is -0.342 e. The maximum Gasteiger partial charge on any atom is 0.236 e. The van der Waals surface area contributed by atoms with Crippen LogP contribution in [0.1, 0.15) is 13.3 Å². The molecule has 0 spiro atoms. The molecule has 1 saturated heterocycles. The van der Waals surface area contributed by atoms with E-state index in [1.807, 2.05) is 11.8 Å². The fourth-order valence-electron chi connectivity index (χ4n) is 2.02. The summed E-state index contributed by atoms with van der Waals surface area (Å²) in [6, 6.07) is 0. The van der Waals surface area contributed by atoms with E-state index < -0.39 is 0 Å². The van der Waals surface area contributed by atoms with Gasteiger partial charge in [-0.15, -0.1) is 0 Å². The smallest absolute Gasteiger partial charge is 0.236 e. The molecule has 0 aromatic rings. The molecule has 14 heavy (non-hydrogen) atoms. The summed E-state index contributed by atoms with van der Waals surface area (Å²) in [7, 11) is 2.13.